The summed E-state index contributed by atoms with van der Waals surface area (Å²) in [6.07, 6.45) is 10.0. The van der Waals surface area contributed by atoms with E-state index in [-0.39, 0.29) is 5.57 Å². The quantitative estimate of drug-likeness (QED) is 0.475. The summed E-state index contributed by atoms with van der Waals surface area (Å²) in [5.41, 5.74) is 0.146. The highest BCUT2D eigenvalue weighted by Crippen LogP contribution is 2.01. The van der Waals surface area contributed by atoms with E-state index in [1.165, 1.54) is 25.7 Å². The molecule has 0 radical (unpaired) electrons. The van der Waals surface area contributed by atoms with E-state index in [4.69, 9.17) is 10.5 Å². The molecule has 3 heteroatoms. The largest absolute Gasteiger partial charge is 0.377 e. The Kier molecular flexibility index (Phi) is 9.67. The van der Waals surface area contributed by atoms with Crippen molar-refractivity contribution in [2.75, 3.05) is 13.1 Å². The standard InChI is InChI=1S/C14H21N3/c1-3-5-9-17(10-6-4-2)11-7-8-14(12-15)13-16/h7-8,11H,3-6,9-10H2,1-2H3/b11-7+. The van der Waals surface area contributed by atoms with Crippen LogP contribution < -0.4 is 0 Å². The maximum atomic E-state index is 8.59. The minimum absolute atomic E-state index is 0.146. The van der Waals surface area contributed by atoms with E-state index < -0.39 is 0 Å². The average Bonchev–Trinajstić information content (AvgIpc) is 2.37. The number of rotatable bonds is 8. The van der Waals surface area contributed by atoms with E-state index in [2.05, 4.69) is 18.7 Å². The Hall–Kier alpha value is -1.74. The first-order chi connectivity index (χ1) is 8.28. The predicted molar refractivity (Wildman–Crippen MR) is 69.8 cm³/mol. The zero-order valence-corrected chi connectivity index (χ0v) is 10.8. The lowest BCUT2D eigenvalue weighted by atomic mass is 10.2. The fourth-order valence-electron chi connectivity index (χ4n) is 1.34. The molecule has 0 aliphatic heterocycles. The Morgan fingerprint density at radius 1 is 1.06 bits per heavy atom. The molecule has 92 valence electrons. The third-order valence-corrected chi connectivity index (χ3v) is 2.40. The monoisotopic (exact) mass is 231 g/mol. The van der Waals surface area contributed by atoms with E-state index in [0.717, 1.165) is 13.1 Å². The Morgan fingerprint density at radius 3 is 2.00 bits per heavy atom. The van der Waals surface area contributed by atoms with Gasteiger partial charge in [0.25, 0.3) is 0 Å². The maximum Gasteiger partial charge on any atom is 0.129 e. The molecule has 0 N–H and O–H groups in total. The van der Waals surface area contributed by atoms with Crippen molar-refractivity contribution < 1.29 is 0 Å². The number of hydrogen-bond donors (Lipinski definition) is 0. The van der Waals surface area contributed by atoms with Crippen LogP contribution in [0.1, 0.15) is 39.5 Å². The van der Waals surface area contributed by atoms with Gasteiger partial charge in [-0.05, 0) is 31.2 Å². The second-order valence-corrected chi connectivity index (χ2v) is 3.89. The lowest BCUT2D eigenvalue weighted by Gasteiger charge is -2.19. The number of nitrogens with zero attached hydrogens (tertiary/aromatic N) is 3. The summed E-state index contributed by atoms with van der Waals surface area (Å²) in [7, 11) is 0. The Labute approximate surface area is 105 Å². The third-order valence-electron chi connectivity index (χ3n) is 2.40. The summed E-state index contributed by atoms with van der Waals surface area (Å²) in [4.78, 5) is 2.25. The fourth-order valence-corrected chi connectivity index (χ4v) is 1.34. The molecule has 0 amide bonds. The minimum Gasteiger partial charge on any atom is -0.377 e. The van der Waals surface area contributed by atoms with Gasteiger partial charge in [-0.3, -0.25) is 0 Å². The molecule has 0 heterocycles. The van der Waals surface area contributed by atoms with Crippen LogP contribution in [0.4, 0.5) is 0 Å². The van der Waals surface area contributed by atoms with Crippen molar-refractivity contribution in [1.82, 2.24) is 4.90 Å². The van der Waals surface area contributed by atoms with Crippen LogP contribution in [0.5, 0.6) is 0 Å². The molecule has 0 saturated heterocycles. The number of allylic oxidation sites excluding steroid dienone is 3. The van der Waals surface area contributed by atoms with E-state index in [1.807, 2.05) is 18.3 Å². The molecule has 0 aromatic carbocycles. The summed E-state index contributed by atoms with van der Waals surface area (Å²) in [5.74, 6) is 0. The normalized spacial score (nSPS) is 9.65. The van der Waals surface area contributed by atoms with Crippen molar-refractivity contribution in [1.29, 1.82) is 10.5 Å². The molecule has 0 atom stereocenters. The van der Waals surface area contributed by atoms with Gasteiger partial charge in [-0.15, -0.1) is 0 Å². The molecule has 0 aliphatic carbocycles. The molecule has 0 spiro atoms. The Morgan fingerprint density at radius 2 is 1.59 bits per heavy atom. The van der Waals surface area contributed by atoms with Crippen LogP contribution in [0.15, 0.2) is 23.9 Å². The fraction of sp³-hybridized carbons (Fsp3) is 0.571. The lowest BCUT2D eigenvalue weighted by molar-refractivity contribution is 0.360. The molecule has 0 rings (SSSR count). The second-order valence-electron chi connectivity index (χ2n) is 3.89. The molecular formula is C14H21N3. The van der Waals surface area contributed by atoms with Crippen LogP contribution in [-0.2, 0) is 0 Å². The van der Waals surface area contributed by atoms with Crippen LogP contribution in [0.3, 0.4) is 0 Å². The molecule has 0 aromatic heterocycles. The van der Waals surface area contributed by atoms with Crippen LogP contribution in [0.25, 0.3) is 0 Å². The van der Waals surface area contributed by atoms with Crippen molar-refractivity contribution in [2.24, 2.45) is 0 Å². The molecule has 0 fully saturated rings. The predicted octanol–water partition coefficient (Wildman–Crippen LogP) is 3.38. The van der Waals surface area contributed by atoms with Crippen molar-refractivity contribution in [3.63, 3.8) is 0 Å². The summed E-state index contributed by atoms with van der Waals surface area (Å²) in [6.45, 7) is 6.42. The molecule has 3 nitrogen and oxygen atoms in total. The van der Waals surface area contributed by atoms with Gasteiger partial charge in [0, 0.05) is 13.1 Å². The van der Waals surface area contributed by atoms with Crippen LogP contribution >= 0.6 is 0 Å². The van der Waals surface area contributed by atoms with Crippen LogP contribution in [-0.4, -0.2) is 18.0 Å². The summed E-state index contributed by atoms with van der Waals surface area (Å²) < 4.78 is 0. The molecule has 0 unspecified atom stereocenters. The first-order valence-corrected chi connectivity index (χ1v) is 6.21. The maximum absolute atomic E-state index is 8.59. The minimum atomic E-state index is 0.146. The molecule has 0 aromatic rings. The molecule has 0 saturated carbocycles. The zero-order chi connectivity index (χ0) is 12.9. The first-order valence-electron chi connectivity index (χ1n) is 6.21. The Balaban J connectivity index is 4.31. The van der Waals surface area contributed by atoms with Gasteiger partial charge in [-0.2, -0.15) is 10.5 Å². The number of nitriles is 2. The summed E-state index contributed by atoms with van der Waals surface area (Å²) in [5, 5.41) is 17.2. The highest BCUT2D eigenvalue weighted by atomic mass is 15.1. The molecule has 0 aliphatic rings. The van der Waals surface area contributed by atoms with E-state index in [1.54, 1.807) is 12.2 Å². The topological polar surface area (TPSA) is 50.8 Å². The average molecular weight is 231 g/mol. The van der Waals surface area contributed by atoms with Crippen molar-refractivity contribution in [3.8, 4) is 12.1 Å². The molecular weight excluding hydrogens is 210 g/mol. The number of hydrogen-bond acceptors (Lipinski definition) is 3. The smallest absolute Gasteiger partial charge is 0.129 e. The van der Waals surface area contributed by atoms with Gasteiger partial charge in [0.05, 0.1) is 0 Å². The van der Waals surface area contributed by atoms with Crippen LogP contribution in [0, 0.1) is 22.7 Å². The van der Waals surface area contributed by atoms with Crippen LogP contribution in [0.2, 0.25) is 0 Å². The van der Waals surface area contributed by atoms with Gasteiger partial charge in [-0.1, -0.05) is 26.7 Å². The lowest BCUT2D eigenvalue weighted by Crippen LogP contribution is -2.19. The van der Waals surface area contributed by atoms with Gasteiger partial charge in [0.1, 0.15) is 17.7 Å². The highest BCUT2D eigenvalue weighted by molar-refractivity contribution is 5.37. The van der Waals surface area contributed by atoms with E-state index in [9.17, 15) is 0 Å². The van der Waals surface area contributed by atoms with Gasteiger partial charge in [0.15, 0.2) is 0 Å². The van der Waals surface area contributed by atoms with Crippen molar-refractivity contribution in [2.45, 2.75) is 39.5 Å². The third kappa shape index (κ3) is 8.11. The first kappa shape index (κ1) is 15.3. The Bertz CT molecular complexity index is 304. The van der Waals surface area contributed by atoms with Crippen molar-refractivity contribution in [3.05, 3.63) is 23.9 Å². The zero-order valence-electron chi connectivity index (χ0n) is 10.8. The molecule has 17 heavy (non-hydrogen) atoms. The van der Waals surface area contributed by atoms with Gasteiger partial charge in [0.2, 0.25) is 0 Å². The van der Waals surface area contributed by atoms with Gasteiger partial charge < -0.3 is 4.90 Å². The highest BCUT2D eigenvalue weighted by Gasteiger charge is 1.97. The van der Waals surface area contributed by atoms with Crippen molar-refractivity contribution >= 4 is 0 Å². The van der Waals surface area contributed by atoms with E-state index >= 15 is 0 Å². The SMILES string of the molecule is CCCCN(/C=C/C=C(C#N)C#N)CCCC. The summed E-state index contributed by atoms with van der Waals surface area (Å²) >= 11 is 0. The van der Waals surface area contributed by atoms with E-state index in [0.29, 0.717) is 0 Å². The number of unbranched alkanes of at least 4 members (excludes halogenated alkanes) is 2. The summed E-state index contributed by atoms with van der Waals surface area (Å²) in [6, 6.07) is 3.68. The second kappa shape index (κ2) is 10.8. The van der Waals surface area contributed by atoms with Gasteiger partial charge >= 0.3 is 0 Å². The molecule has 0 bridgehead atoms. The van der Waals surface area contributed by atoms with Gasteiger partial charge in [-0.25, -0.2) is 0 Å².